The number of aliphatic hydroxyl groups excluding tert-OH is 1. The molecule has 0 aliphatic heterocycles. The van der Waals surface area contributed by atoms with Crippen LogP contribution in [0.1, 0.15) is 413 Å². The summed E-state index contributed by atoms with van der Waals surface area (Å²) in [4.78, 5) is 72.9. The van der Waals surface area contributed by atoms with Crippen molar-refractivity contribution in [2.75, 3.05) is 39.6 Å². The molecule has 97 heavy (non-hydrogen) atoms. The minimum absolute atomic E-state index is 0.108. The van der Waals surface area contributed by atoms with Crippen molar-refractivity contribution in [1.29, 1.82) is 0 Å². The molecule has 3 N–H and O–H groups in total. The molecule has 0 aliphatic carbocycles. The van der Waals surface area contributed by atoms with Crippen molar-refractivity contribution >= 4 is 39.5 Å². The molecule has 0 fully saturated rings. The van der Waals surface area contributed by atoms with Crippen LogP contribution < -0.4 is 0 Å². The standard InChI is InChI=1S/C78H152O17P2/c1-6-9-12-15-18-21-24-26-27-28-29-30-31-32-34-37-44-49-54-59-64-78(83)95-74(68-89-76(81)62-57-52-47-42-39-38-40-45-50-55-60-71(4)5)70-93-97(86,87)91-66-72(79)65-90-96(84,85)92-69-73(67-88-75(80)61-56-51-46-41-35-23-20-17-14-11-8-3)94-77(82)63-58-53-48-43-36-33-25-22-19-16-13-10-7-2/h71-74,79H,6-70H2,1-5H3,(H,84,85)(H,86,87)/t72-,73+,74+/m0/s1. The number of ether oxygens (including phenoxy) is 4. The normalized spacial score (nSPS) is 13.9. The Morgan fingerprint density at radius 3 is 0.701 bits per heavy atom. The highest BCUT2D eigenvalue weighted by Gasteiger charge is 2.30. The van der Waals surface area contributed by atoms with Crippen LogP contribution in [0, 0.1) is 5.92 Å². The Morgan fingerprint density at radius 2 is 0.474 bits per heavy atom. The van der Waals surface area contributed by atoms with Gasteiger partial charge in [-0.1, -0.05) is 362 Å². The van der Waals surface area contributed by atoms with Crippen LogP contribution >= 0.6 is 15.6 Å². The number of phosphoric acid groups is 2. The number of phosphoric ester groups is 2. The molecule has 0 aliphatic rings. The monoisotopic (exact) mass is 1420 g/mol. The number of hydrogen-bond donors (Lipinski definition) is 3. The van der Waals surface area contributed by atoms with E-state index in [0.29, 0.717) is 25.7 Å². The lowest BCUT2D eigenvalue weighted by molar-refractivity contribution is -0.161. The van der Waals surface area contributed by atoms with Crippen molar-refractivity contribution in [3.63, 3.8) is 0 Å². The predicted octanol–water partition coefficient (Wildman–Crippen LogP) is 23.3. The van der Waals surface area contributed by atoms with Gasteiger partial charge in [-0.2, -0.15) is 0 Å². The molecule has 0 rings (SSSR count). The van der Waals surface area contributed by atoms with E-state index in [0.717, 1.165) is 95.8 Å². The summed E-state index contributed by atoms with van der Waals surface area (Å²) in [6.45, 7) is 7.30. The van der Waals surface area contributed by atoms with E-state index in [1.54, 1.807) is 0 Å². The highest BCUT2D eigenvalue weighted by atomic mass is 31.2. The molecule has 0 heterocycles. The Balaban J connectivity index is 5.22. The zero-order chi connectivity index (χ0) is 71.2. The summed E-state index contributed by atoms with van der Waals surface area (Å²) in [5, 5.41) is 10.6. The van der Waals surface area contributed by atoms with E-state index in [-0.39, 0.29) is 25.7 Å². The smallest absolute Gasteiger partial charge is 0.462 e. The molecule has 0 aromatic heterocycles. The van der Waals surface area contributed by atoms with Gasteiger partial charge in [0.15, 0.2) is 12.2 Å². The van der Waals surface area contributed by atoms with E-state index in [4.69, 9.17) is 37.0 Å². The molecule has 17 nitrogen and oxygen atoms in total. The molecule has 0 aromatic carbocycles. The molecule has 0 radical (unpaired) electrons. The van der Waals surface area contributed by atoms with Gasteiger partial charge in [0, 0.05) is 25.7 Å². The Labute approximate surface area is 594 Å². The molecule has 0 saturated carbocycles. The summed E-state index contributed by atoms with van der Waals surface area (Å²) < 4.78 is 68.6. The fourth-order valence-electron chi connectivity index (χ4n) is 12.1. The van der Waals surface area contributed by atoms with Gasteiger partial charge < -0.3 is 33.8 Å². The van der Waals surface area contributed by atoms with Crippen LogP contribution in [0.25, 0.3) is 0 Å². The number of aliphatic hydroxyl groups is 1. The van der Waals surface area contributed by atoms with Gasteiger partial charge in [0.2, 0.25) is 0 Å². The summed E-state index contributed by atoms with van der Waals surface area (Å²) in [5.74, 6) is -1.35. The second-order valence-electron chi connectivity index (χ2n) is 28.6. The average Bonchev–Trinajstić information content (AvgIpc) is 1.24. The van der Waals surface area contributed by atoms with Crippen molar-refractivity contribution in [1.82, 2.24) is 0 Å². The Morgan fingerprint density at radius 1 is 0.278 bits per heavy atom. The lowest BCUT2D eigenvalue weighted by Gasteiger charge is -2.21. The Hall–Kier alpha value is -1.94. The van der Waals surface area contributed by atoms with E-state index in [9.17, 15) is 43.2 Å². The van der Waals surface area contributed by atoms with Crippen LogP contribution in [-0.4, -0.2) is 96.7 Å². The molecule has 0 saturated heterocycles. The summed E-state index contributed by atoms with van der Waals surface area (Å²) >= 11 is 0. The number of carbonyl (C=O) groups is 4. The van der Waals surface area contributed by atoms with Gasteiger partial charge in [-0.05, 0) is 31.6 Å². The highest BCUT2D eigenvalue weighted by molar-refractivity contribution is 7.47. The molecule has 19 heteroatoms. The number of esters is 4. The van der Waals surface area contributed by atoms with Crippen molar-refractivity contribution in [3.05, 3.63) is 0 Å². The first-order valence-electron chi connectivity index (χ1n) is 40.6. The molecular weight excluding hydrogens is 1270 g/mol. The van der Waals surface area contributed by atoms with Crippen LogP contribution in [0.3, 0.4) is 0 Å². The van der Waals surface area contributed by atoms with E-state index in [2.05, 4.69) is 34.6 Å². The van der Waals surface area contributed by atoms with Gasteiger partial charge in [0.1, 0.15) is 19.3 Å². The number of unbranched alkanes of at least 4 members (excludes halogenated alkanes) is 50. The van der Waals surface area contributed by atoms with Crippen LogP contribution in [0.5, 0.6) is 0 Å². The minimum atomic E-state index is -4.96. The summed E-state index contributed by atoms with van der Waals surface area (Å²) in [6, 6.07) is 0. The second kappa shape index (κ2) is 71.1. The largest absolute Gasteiger partial charge is 0.472 e. The topological polar surface area (TPSA) is 237 Å². The van der Waals surface area contributed by atoms with E-state index < -0.39 is 97.5 Å². The maximum absolute atomic E-state index is 13.1. The number of rotatable bonds is 78. The summed E-state index contributed by atoms with van der Waals surface area (Å²) in [6.07, 6.45) is 61.0. The van der Waals surface area contributed by atoms with Gasteiger partial charge in [-0.3, -0.25) is 37.3 Å². The number of hydrogen-bond acceptors (Lipinski definition) is 15. The van der Waals surface area contributed by atoms with Gasteiger partial charge in [-0.15, -0.1) is 0 Å². The van der Waals surface area contributed by atoms with Crippen molar-refractivity contribution in [2.24, 2.45) is 5.92 Å². The minimum Gasteiger partial charge on any atom is -0.462 e. The van der Waals surface area contributed by atoms with Gasteiger partial charge >= 0.3 is 39.5 Å². The quantitative estimate of drug-likeness (QED) is 0.0222. The van der Waals surface area contributed by atoms with Crippen molar-refractivity contribution < 1.29 is 80.2 Å². The highest BCUT2D eigenvalue weighted by Crippen LogP contribution is 2.45. The molecule has 0 aromatic rings. The lowest BCUT2D eigenvalue weighted by Crippen LogP contribution is -2.30. The van der Waals surface area contributed by atoms with Crippen LogP contribution in [0.4, 0.5) is 0 Å². The van der Waals surface area contributed by atoms with E-state index in [1.807, 2.05) is 0 Å². The average molecular weight is 1420 g/mol. The van der Waals surface area contributed by atoms with Crippen molar-refractivity contribution in [2.45, 2.75) is 432 Å². The molecule has 0 amide bonds. The zero-order valence-corrected chi connectivity index (χ0v) is 65.0. The third-order valence-electron chi connectivity index (χ3n) is 18.3. The fourth-order valence-corrected chi connectivity index (χ4v) is 13.6. The predicted molar refractivity (Wildman–Crippen MR) is 395 cm³/mol. The third kappa shape index (κ3) is 72.2. The molecule has 2 unspecified atom stereocenters. The first kappa shape index (κ1) is 95.1. The van der Waals surface area contributed by atoms with Crippen molar-refractivity contribution in [3.8, 4) is 0 Å². The van der Waals surface area contributed by atoms with Gasteiger partial charge in [0.05, 0.1) is 26.4 Å². The molecule has 576 valence electrons. The summed E-state index contributed by atoms with van der Waals surface area (Å²) in [7, 11) is -9.91. The van der Waals surface area contributed by atoms with E-state index >= 15 is 0 Å². The molecule has 0 bridgehead atoms. The Kier molecular flexibility index (Phi) is 69.6. The lowest BCUT2D eigenvalue weighted by atomic mass is 10.0. The van der Waals surface area contributed by atoms with E-state index in [1.165, 1.54) is 238 Å². The number of carbonyl (C=O) groups excluding carboxylic acids is 4. The van der Waals surface area contributed by atoms with Gasteiger partial charge in [-0.25, -0.2) is 9.13 Å². The SMILES string of the molecule is CCCCCCCCCCCCCCCCCCCCCCC(=O)O[C@H](COC(=O)CCCCCCCCCCCCC(C)C)COP(=O)(O)OC[C@@H](O)COP(=O)(O)OC[C@@H](COC(=O)CCCCCCCCCCCCC)OC(=O)CCCCCCCCCCCCCCC. The first-order chi connectivity index (χ1) is 47.0. The third-order valence-corrected chi connectivity index (χ3v) is 20.2. The molecular formula is C78H152O17P2. The van der Waals surface area contributed by atoms with Gasteiger partial charge in [0.25, 0.3) is 0 Å². The van der Waals surface area contributed by atoms with Crippen LogP contribution in [0.2, 0.25) is 0 Å². The second-order valence-corrected chi connectivity index (χ2v) is 31.5. The first-order valence-corrected chi connectivity index (χ1v) is 43.6. The fraction of sp³-hybridized carbons (Fsp3) is 0.949. The van der Waals surface area contributed by atoms with Crippen LogP contribution in [-0.2, 0) is 65.4 Å². The molecule has 5 atom stereocenters. The summed E-state index contributed by atoms with van der Waals surface area (Å²) in [5.41, 5.74) is 0. The molecule has 0 spiro atoms. The Bertz CT molecular complexity index is 1860. The zero-order valence-electron chi connectivity index (χ0n) is 63.2. The maximum atomic E-state index is 13.1. The maximum Gasteiger partial charge on any atom is 0.472 e. The van der Waals surface area contributed by atoms with Crippen LogP contribution in [0.15, 0.2) is 0 Å².